The number of ether oxygens (including phenoxy) is 1. The van der Waals surface area contributed by atoms with Crippen molar-refractivity contribution in [1.29, 1.82) is 0 Å². The fourth-order valence-electron chi connectivity index (χ4n) is 0.250. The molecule has 0 aliphatic rings. The molecule has 0 heterocycles. The summed E-state index contributed by atoms with van der Waals surface area (Å²) in [4.78, 5) is 0. The smallest absolute Gasteiger partial charge is 0.320 e. The van der Waals surface area contributed by atoms with E-state index in [-0.39, 0.29) is 6.08 Å². The molecule has 0 radical (unpaired) electrons. The summed E-state index contributed by atoms with van der Waals surface area (Å²) in [5.41, 5.74) is 0. The molecule has 0 bridgehead atoms. The van der Waals surface area contributed by atoms with Crippen molar-refractivity contribution in [3.63, 3.8) is 0 Å². The van der Waals surface area contributed by atoms with E-state index < -0.39 is 12.3 Å². The van der Waals surface area contributed by atoms with E-state index in [1.165, 1.54) is 0 Å². The molecule has 0 aromatic carbocycles. The van der Waals surface area contributed by atoms with Crippen molar-refractivity contribution in [2.75, 3.05) is 7.11 Å². The highest BCUT2D eigenvalue weighted by atomic mass is 19.3. The largest absolute Gasteiger partial charge is 0.347 e. The van der Waals surface area contributed by atoms with Crippen LogP contribution in [0.5, 0.6) is 0 Å². The molecule has 1 nitrogen and oxygen atoms in total. The third-order valence-corrected chi connectivity index (χ3v) is 0.782. The van der Waals surface area contributed by atoms with Gasteiger partial charge in [0, 0.05) is 7.11 Å². The number of rotatable bonds is 3. The van der Waals surface area contributed by atoms with Crippen LogP contribution in [0.4, 0.5) is 13.2 Å². The quantitative estimate of drug-likeness (QED) is 0.542. The summed E-state index contributed by atoms with van der Waals surface area (Å²) in [5.74, 6) is -3.57. The normalized spacial score (nSPS) is 15.1. The van der Waals surface area contributed by atoms with Gasteiger partial charge in [0.15, 0.2) is 0 Å². The van der Waals surface area contributed by atoms with Crippen LogP contribution < -0.4 is 0 Å². The van der Waals surface area contributed by atoms with Crippen LogP contribution >= 0.6 is 0 Å². The molecule has 1 atom stereocenters. The minimum Gasteiger partial charge on any atom is -0.347 e. The Morgan fingerprint density at radius 3 is 2.22 bits per heavy atom. The van der Waals surface area contributed by atoms with Crippen LogP contribution in [0.15, 0.2) is 12.7 Å². The first kappa shape index (κ1) is 8.49. The van der Waals surface area contributed by atoms with E-state index in [0.717, 1.165) is 7.11 Å². The van der Waals surface area contributed by atoms with E-state index >= 15 is 0 Å². The molecular formula is C5H7F3O. The first-order chi connectivity index (χ1) is 4.04. The van der Waals surface area contributed by atoms with Gasteiger partial charge in [0.05, 0.1) is 0 Å². The van der Waals surface area contributed by atoms with Gasteiger partial charge < -0.3 is 4.74 Å². The second kappa shape index (κ2) is 2.87. The molecule has 9 heavy (non-hydrogen) atoms. The van der Waals surface area contributed by atoms with Crippen molar-refractivity contribution >= 4 is 0 Å². The maximum absolute atomic E-state index is 11.9. The molecule has 0 aliphatic carbocycles. The zero-order valence-corrected chi connectivity index (χ0v) is 4.90. The Morgan fingerprint density at radius 2 is 2.11 bits per heavy atom. The first-order valence-electron chi connectivity index (χ1n) is 2.23. The molecule has 0 spiro atoms. The fraction of sp³-hybridized carbons (Fsp3) is 0.600. The summed E-state index contributed by atoms with van der Waals surface area (Å²) < 4.78 is 39.4. The fourth-order valence-corrected chi connectivity index (χ4v) is 0.250. The molecule has 0 aromatic heterocycles. The number of methoxy groups -OCH3 is 1. The van der Waals surface area contributed by atoms with Gasteiger partial charge in [-0.25, -0.2) is 4.39 Å². The Bertz CT molecular complexity index is 102. The van der Waals surface area contributed by atoms with Crippen molar-refractivity contribution in [3.05, 3.63) is 12.7 Å². The summed E-state index contributed by atoms with van der Waals surface area (Å²) in [7, 11) is 0.863. The van der Waals surface area contributed by atoms with Crippen LogP contribution in [-0.4, -0.2) is 19.4 Å². The SMILES string of the molecule is C=CC(F)(F)C(F)OC. The lowest BCUT2D eigenvalue weighted by Crippen LogP contribution is -2.28. The van der Waals surface area contributed by atoms with Gasteiger partial charge in [-0.2, -0.15) is 8.78 Å². The van der Waals surface area contributed by atoms with Crippen molar-refractivity contribution in [2.45, 2.75) is 12.3 Å². The summed E-state index contributed by atoms with van der Waals surface area (Å²) in [6.45, 7) is 2.73. The van der Waals surface area contributed by atoms with Crippen molar-refractivity contribution in [2.24, 2.45) is 0 Å². The average molecular weight is 140 g/mol. The van der Waals surface area contributed by atoms with Gasteiger partial charge >= 0.3 is 5.92 Å². The van der Waals surface area contributed by atoms with E-state index in [9.17, 15) is 13.2 Å². The Kier molecular flexibility index (Phi) is 2.70. The van der Waals surface area contributed by atoms with Gasteiger partial charge in [0.2, 0.25) is 0 Å². The maximum atomic E-state index is 11.9. The molecule has 0 fully saturated rings. The summed E-state index contributed by atoms with van der Waals surface area (Å²) in [5, 5.41) is 0. The Morgan fingerprint density at radius 1 is 1.67 bits per heavy atom. The molecule has 0 rings (SSSR count). The molecule has 0 aliphatic heterocycles. The van der Waals surface area contributed by atoms with Crippen LogP contribution in [-0.2, 0) is 4.74 Å². The lowest BCUT2D eigenvalue weighted by molar-refractivity contribution is -0.155. The molecule has 54 valence electrons. The number of hydrogen-bond acceptors (Lipinski definition) is 1. The van der Waals surface area contributed by atoms with Gasteiger partial charge in [0.1, 0.15) is 0 Å². The van der Waals surface area contributed by atoms with Crippen LogP contribution in [0.1, 0.15) is 0 Å². The summed E-state index contributed by atoms with van der Waals surface area (Å²) in [6, 6.07) is 0. The second-order valence-corrected chi connectivity index (χ2v) is 1.43. The molecule has 1 unspecified atom stereocenters. The Labute approximate surface area is 51.1 Å². The predicted octanol–water partition coefficient (Wildman–Crippen LogP) is 1.75. The Balaban J connectivity index is 3.95. The topological polar surface area (TPSA) is 9.23 Å². The van der Waals surface area contributed by atoms with Crippen LogP contribution in [0.2, 0.25) is 0 Å². The van der Waals surface area contributed by atoms with Crippen molar-refractivity contribution in [3.8, 4) is 0 Å². The third kappa shape index (κ3) is 2.05. The van der Waals surface area contributed by atoms with E-state index in [2.05, 4.69) is 11.3 Å². The molecule has 0 saturated carbocycles. The lowest BCUT2D eigenvalue weighted by Gasteiger charge is -2.13. The number of alkyl halides is 3. The molecule has 0 saturated heterocycles. The summed E-state index contributed by atoms with van der Waals surface area (Å²) >= 11 is 0. The van der Waals surface area contributed by atoms with Gasteiger partial charge in [-0.3, -0.25) is 0 Å². The van der Waals surface area contributed by atoms with Gasteiger partial charge in [0.25, 0.3) is 6.36 Å². The zero-order valence-electron chi connectivity index (χ0n) is 4.90. The summed E-state index contributed by atoms with van der Waals surface area (Å²) in [6.07, 6.45) is -2.38. The maximum Gasteiger partial charge on any atom is 0.320 e. The molecular weight excluding hydrogens is 133 g/mol. The highest BCUT2D eigenvalue weighted by molar-refractivity contribution is 4.89. The van der Waals surface area contributed by atoms with Gasteiger partial charge in [-0.05, 0) is 6.08 Å². The highest BCUT2D eigenvalue weighted by Gasteiger charge is 2.36. The first-order valence-corrected chi connectivity index (χ1v) is 2.23. The minimum atomic E-state index is -3.57. The van der Waals surface area contributed by atoms with E-state index in [1.54, 1.807) is 0 Å². The van der Waals surface area contributed by atoms with Gasteiger partial charge in [-0.1, -0.05) is 6.58 Å². The lowest BCUT2D eigenvalue weighted by atomic mass is 10.3. The highest BCUT2D eigenvalue weighted by Crippen LogP contribution is 2.22. The van der Waals surface area contributed by atoms with Gasteiger partial charge in [-0.15, -0.1) is 0 Å². The molecule has 0 aromatic rings. The molecule has 0 amide bonds. The predicted molar refractivity (Wildman–Crippen MR) is 27.0 cm³/mol. The van der Waals surface area contributed by atoms with Crippen molar-refractivity contribution < 1.29 is 17.9 Å². The average Bonchev–Trinajstić information content (AvgIpc) is 1.86. The van der Waals surface area contributed by atoms with Crippen LogP contribution in [0, 0.1) is 0 Å². The second-order valence-electron chi connectivity index (χ2n) is 1.43. The number of halogens is 3. The third-order valence-electron chi connectivity index (χ3n) is 0.782. The van der Waals surface area contributed by atoms with Crippen LogP contribution in [0.25, 0.3) is 0 Å². The number of hydrogen-bond donors (Lipinski definition) is 0. The standard InChI is InChI=1S/C5H7F3O/c1-3-5(7,8)4(6)9-2/h3-4H,1H2,2H3. The monoisotopic (exact) mass is 140 g/mol. The minimum absolute atomic E-state index is 0.209. The zero-order chi connectivity index (χ0) is 7.49. The van der Waals surface area contributed by atoms with E-state index in [1.807, 2.05) is 0 Å². The van der Waals surface area contributed by atoms with Crippen molar-refractivity contribution in [1.82, 2.24) is 0 Å². The van der Waals surface area contributed by atoms with E-state index in [4.69, 9.17) is 0 Å². The van der Waals surface area contributed by atoms with Crippen LogP contribution in [0.3, 0.4) is 0 Å². The van der Waals surface area contributed by atoms with E-state index in [0.29, 0.717) is 0 Å². The Hall–Kier alpha value is -0.510. The molecule has 0 N–H and O–H groups in total. The molecule has 4 heteroatoms.